The zero-order valence-corrected chi connectivity index (χ0v) is 23.0. The first kappa shape index (κ1) is 27.0. The van der Waals surface area contributed by atoms with E-state index in [-0.39, 0.29) is 11.5 Å². The molecule has 0 aromatic heterocycles. The van der Waals surface area contributed by atoms with Gasteiger partial charge in [0, 0.05) is 6.54 Å². The summed E-state index contributed by atoms with van der Waals surface area (Å²) in [5, 5.41) is 12.1. The highest BCUT2D eigenvalue weighted by Crippen LogP contribution is 2.36. The van der Waals surface area contributed by atoms with E-state index in [1.54, 1.807) is 17.0 Å². The summed E-state index contributed by atoms with van der Waals surface area (Å²) in [6.07, 6.45) is 1.81. The van der Waals surface area contributed by atoms with Crippen LogP contribution in [0.1, 0.15) is 35.3 Å². The molecule has 40 heavy (non-hydrogen) atoms. The van der Waals surface area contributed by atoms with Crippen molar-refractivity contribution >= 4 is 51.3 Å². The normalized spacial score (nSPS) is 15.2. The van der Waals surface area contributed by atoms with Crippen LogP contribution in [0.2, 0.25) is 0 Å². The second kappa shape index (κ2) is 12.1. The van der Waals surface area contributed by atoms with Gasteiger partial charge in [0.1, 0.15) is 6.61 Å². The number of amides is 1. The number of thioether (sulfide) groups is 1. The van der Waals surface area contributed by atoms with E-state index in [0.717, 1.165) is 21.9 Å². The van der Waals surface area contributed by atoms with Crippen LogP contribution in [-0.4, -0.2) is 40.2 Å². The number of nitrogens with zero attached hydrogens (tertiary/aromatic N) is 2. The van der Waals surface area contributed by atoms with Crippen LogP contribution in [0.4, 0.5) is 5.69 Å². The molecule has 8 heteroatoms. The minimum Gasteiger partial charge on any atom is -0.490 e. The Morgan fingerprint density at radius 2 is 1.75 bits per heavy atom. The third-order valence-corrected chi connectivity index (χ3v) is 7.36. The SMILES string of the molecule is CCOc1cc(C=C2SC(=Nc3cccc(C(=O)O)c3)N(CC)C2=O)ccc1OCc1cccc2ccccc12. The maximum Gasteiger partial charge on any atom is 0.335 e. The van der Waals surface area contributed by atoms with Crippen molar-refractivity contribution in [2.75, 3.05) is 13.2 Å². The van der Waals surface area contributed by atoms with Gasteiger partial charge in [0.2, 0.25) is 0 Å². The summed E-state index contributed by atoms with van der Waals surface area (Å²) in [5.41, 5.74) is 2.49. The number of likely N-dealkylation sites (N-methyl/N-ethyl adjacent to an activating group) is 1. The molecule has 5 rings (SSSR count). The number of hydrogen-bond donors (Lipinski definition) is 1. The van der Waals surface area contributed by atoms with E-state index >= 15 is 0 Å². The maximum absolute atomic E-state index is 13.2. The first-order chi connectivity index (χ1) is 19.5. The predicted molar refractivity (Wildman–Crippen MR) is 159 cm³/mol. The predicted octanol–water partition coefficient (Wildman–Crippen LogP) is 7.14. The van der Waals surface area contributed by atoms with Gasteiger partial charge in [0.15, 0.2) is 16.7 Å². The smallest absolute Gasteiger partial charge is 0.335 e. The molecule has 202 valence electrons. The number of carboxylic acids is 1. The molecule has 0 radical (unpaired) electrons. The number of rotatable bonds is 9. The highest BCUT2D eigenvalue weighted by Gasteiger charge is 2.32. The molecule has 1 N–H and O–H groups in total. The second-order valence-electron chi connectivity index (χ2n) is 8.98. The standard InChI is InChI=1S/C32H28N2O5S/c1-3-34-30(35)29(40-32(34)33-25-13-8-11-23(19-25)31(36)37)18-21-15-16-27(28(17-21)38-4-2)39-20-24-12-7-10-22-9-5-6-14-26(22)24/h5-19H,3-4,20H2,1-2H3,(H,36,37). The molecule has 7 nitrogen and oxygen atoms in total. The topological polar surface area (TPSA) is 88.4 Å². The quantitative estimate of drug-likeness (QED) is 0.222. The number of ether oxygens (including phenoxy) is 2. The van der Waals surface area contributed by atoms with Crippen LogP contribution in [-0.2, 0) is 11.4 Å². The van der Waals surface area contributed by atoms with E-state index in [1.807, 2.05) is 56.3 Å². The van der Waals surface area contributed by atoms with Gasteiger partial charge in [-0.05, 0) is 83.9 Å². The Morgan fingerprint density at radius 1 is 0.950 bits per heavy atom. The average molecular weight is 553 g/mol. The summed E-state index contributed by atoms with van der Waals surface area (Å²) >= 11 is 1.26. The lowest BCUT2D eigenvalue weighted by Crippen LogP contribution is -2.28. The van der Waals surface area contributed by atoms with Crippen LogP contribution in [0, 0.1) is 0 Å². The van der Waals surface area contributed by atoms with Crippen molar-refractivity contribution in [3.05, 3.63) is 107 Å². The Morgan fingerprint density at radius 3 is 2.55 bits per heavy atom. The minimum atomic E-state index is -1.03. The Kier molecular flexibility index (Phi) is 8.17. The van der Waals surface area contributed by atoms with Crippen molar-refractivity contribution in [3.63, 3.8) is 0 Å². The number of hydrogen-bond acceptors (Lipinski definition) is 6. The van der Waals surface area contributed by atoms with Crippen molar-refractivity contribution in [2.24, 2.45) is 4.99 Å². The monoisotopic (exact) mass is 552 g/mol. The van der Waals surface area contributed by atoms with Crippen molar-refractivity contribution in [2.45, 2.75) is 20.5 Å². The number of benzene rings is 4. The van der Waals surface area contributed by atoms with Gasteiger partial charge < -0.3 is 14.6 Å². The molecule has 4 aromatic rings. The molecule has 1 saturated heterocycles. The van der Waals surface area contributed by atoms with Gasteiger partial charge in [-0.3, -0.25) is 9.69 Å². The molecule has 0 spiro atoms. The molecular weight excluding hydrogens is 524 g/mol. The number of carbonyl (C=O) groups excluding carboxylic acids is 1. The van der Waals surface area contributed by atoms with E-state index in [9.17, 15) is 14.7 Å². The number of fused-ring (bicyclic) bond motifs is 1. The van der Waals surface area contributed by atoms with Crippen LogP contribution in [0.3, 0.4) is 0 Å². The number of amidine groups is 1. The molecule has 0 saturated carbocycles. The van der Waals surface area contributed by atoms with Crippen molar-refractivity contribution < 1.29 is 24.2 Å². The van der Waals surface area contributed by atoms with Crippen molar-refractivity contribution in [1.29, 1.82) is 0 Å². The summed E-state index contributed by atoms with van der Waals surface area (Å²) in [6, 6.07) is 26.3. The molecule has 1 aliphatic rings. The van der Waals surface area contributed by atoms with Crippen molar-refractivity contribution in [1.82, 2.24) is 4.90 Å². The van der Waals surface area contributed by atoms with E-state index < -0.39 is 5.97 Å². The minimum absolute atomic E-state index is 0.140. The van der Waals surface area contributed by atoms with Gasteiger partial charge in [-0.25, -0.2) is 9.79 Å². The number of aliphatic imine (C=N–C) groups is 1. The fourth-order valence-corrected chi connectivity index (χ4v) is 5.48. The average Bonchev–Trinajstić information content (AvgIpc) is 3.25. The second-order valence-corrected chi connectivity index (χ2v) is 9.99. The summed E-state index contributed by atoms with van der Waals surface area (Å²) < 4.78 is 12.1. The molecule has 1 aliphatic heterocycles. The van der Waals surface area contributed by atoms with Gasteiger partial charge in [0.05, 0.1) is 22.8 Å². The molecular formula is C32H28N2O5S. The lowest BCUT2D eigenvalue weighted by molar-refractivity contribution is -0.122. The molecule has 0 unspecified atom stereocenters. The van der Waals surface area contributed by atoms with E-state index in [1.165, 1.54) is 23.9 Å². The van der Waals surface area contributed by atoms with Crippen LogP contribution in [0.15, 0.2) is 94.8 Å². The van der Waals surface area contributed by atoms with Crippen LogP contribution in [0.5, 0.6) is 11.5 Å². The Balaban J connectivity index is 1.39. The summed E-state index contributed by atoms with van der Waals surface area (Å²) in [4.78, 5) is 31.2. The first-order valence-corrected chi connectivity index (χ1v) is 13.8. The fraction of sp³-hybridized carbons (Fsp3) is 0.156. The summed E-state index contributed by atoms with van der Waals surface area (Å²) in [7, 11) is 0. The van der Waals surface area contributed by atoms with Gasteiger partial charge in [0.25, 0.3) is 5.91 Å². The largest absolute Gasteiger partial charge is 0.490 e. The fourth-order valence-electron chi connectivity index (χ4n) is 4.42. The number of carbonyl (C=O) groups is 2. The first-order valence-electron chi connectivity index (χ1n) is 13.0. The van der Waals surface area contributed by atoms with E-state index in [4.69, 9.17) is 9.47 Å². The van der Waals surface area contributed by atoms with Crippen molar-refractivity contribution in [3.8, 4) is 11.5 Å². The highest BCUT2D eigenvalue weighted by atomic mass is 32.2. The number of aromatic carboxylic acids is 1. The molecule has 0 atom stereocenters. The molecule has 0 bridgehead atoms. The highest BCUT2D eigenvalue weighted by molar-refractivity contribution is 8.18. The molecule has 1 fully saturated rings. The zero-order chi connectivity index (χ0) is 28.1. The lowest BCUT2D eigenvalue weighted by atomic mass is 10.1. The van der Waals surface area contributed by atoms with E-state index in [2.05, 4.69) is 29.3 Å². The summed E-state index contributed by atoms with van der Waals surface area (Å²) in [5.74, 6) is 0.0343. The third kappa shape index (κ3) is 5.87. The Hall–Kier alpha value is -4.56. The van der Waals surface area contributed by atoms with Crippen LogP contribution >= 0.6 is 11.8 Å². The van der Waals surface area contributed by atoms with Crippen LogP contribution in [0.25, 0.3) is 16.8 Å². The third-order valence-electron chi connectivity index (χ3n) is 6.35. The van der Waals surface area contributed by atoms with Gasteiger partial charge in [-0.15, -0.1) is 0 Å². The Labute approximate surface area is 236 Å². The van der Waals surface area contributed by atoms with Gasteiger partial charge in [-0.1, -0.05) is 54.6 Å². The van der Waals surface area contributed by atoms with E-state index in [0.29, 0.717) is 47.0 Å². The summed E-state index contributed by atoms with van der Waals surface area (Å²) in [6.45, 7) is 5.08. The molecule has 0 aliphatic carbocycles. The maximum atomic E-state index is 13.2. The molecule has 1 amide bonds. The molecule has 1 heterocycles. The zero-order valence-electron chi connectivity index (χ0n) is 22.2. The number of carboxylic acid groups (broad SMARTS) is 1. The molecule has 4 aromatic carbocycles. The van der Waals surface area contributed by atoms with Gasteiger partial charge >= 0.3 is 5.97 Å². The van der Waals surface area contributed by atoms with Gasteiger partial charge in [-0.2, -0.15) is 0 Å². The Bertz CT molecular complexity index is 1640. The van der Waals surface area contributed by atoms with Crippen LogP contribution < -0.4 is 9.47 Å². The lowest BCUT2D eigenvalue weighted by Gasteiger charge is -2.14.